The number of carbonyl (C=O) groups excluding carboxylic acids is 6. The summed E-state index contributed by atoms with van der Waals surface area (Å²) in [6.07, 6.45) is 3.07. The minimum atomic E-state index is -1.31. The van der Waals surface area contributed by atoms with Gasteiger partial charge in [0.05, 0.1) is 6.04 Å². The van der Waals surface area contributed by atoms with Gasteiger partial charge < -0.3 is 54.1 Å². The van der Waals surface area contributed by atoms with Crippen molar-refractivity contribution in [3.05, 3.63) is 107 Å². The highest BCUT2D eigenvalue weighted by Gasteiger charge is 2.41. The fraction of sp³-hybridized carbons (Fsp3) is 0.349. The van der Waals surface area contributed by atoms with Crippen molar-refractivity contribution in [2.24, 2.45) is 17.2 Å². The summed E-state index contributed by atoms with van der Waals surface area (Å²) in [5.74, 6) is -3.16. The van der Waals surface area contributed by atoms with Crippen molar-refractivity contribution in [3.8, 4) is 0 Å². The van der Waals surface area contributed by atoms with Crippen LogP contribution in [0, 0.1) is 0 Å². The highest BCUT2D eigenvalue weighted by atomic mass is 32.1. The third-order valence-electron chi connectivity index (χ3n) is 10.9. The molecule has 2 aromatic heterocycles. The van der Waals surface area contributed by atoms with Gasteiger partial charge in [-0.25, -0.2) is 4.79 Å². The van der Waals surface area contributed by atoms with Gasteiger partial charge >= 0.3 is 6.03 Å². The second-order valence-electron chi connectivity index (χ2n) is 15.1. The Morgan fingerprint density at radius 3 is 1.98 bits per heavy atom. The quantitative estimate of drug-likeness (QED) is 0.0542. The first-order chi connectivity index (χ1) is 28.9. The van der Waals surface area contributed by atoms with E-state index in [2.05, 4.69) is 36.9 Å². The van der Waals surface area contributed by atoms with E-state index in [0.29, 0.717) is 19.5 Å². The van der Waals surface area contributed by atoms with Gasteiger partial charge in [-0.1, -0.05) is 66.7 Å². The van der Waals surface area contributed by atoms with E-state index in [1.54, 1.807) is 6.20 Å². The zero-order valence-corrected chi connectivity index (χ0v) is 33.9. The molecule has 5 aromatic rings. The van der Waals surface area contributed by atoms with Crippen molar-refractivity contribution in [2.75, 3.05) is 19.6 Å². The first-order valence-corrected chi connectivity index (χ1v) is 20.9. The molecule has 0 saturated carbocycles. The number of carbonyl (C=O) groups is 6. The first-order valence-electron chi connectivity index (χ1n) is 20.0. The normalized spacial score (nSPS) is 15.6. The van der Waals surface area contributed by atoms with Crippen LogP contribution in [0.2, 0.25) is 0 Å². The molecule has 16 nitrogen and oxygen atoms in total. The van der Waals surface area contributed by atoms with Crippen molar-refractivity contribution < 1.29 is 28.8 Å². The summed E-state index contributed by atoms with van der Waals surface area (Å²) in [4.78, 5) is 84.0. The van der Waals surface area contributed by atoms with Gasteiger partial charge in [-0.3, -0.25) is 24.0 Å². The Balaban J connectivity index is 1.29. The van der Waals surface area contributed by atoms with Crippen molar-refractivity contribution in [3.63, 3.8) is 0 Å². The third-order valence-corrected chi connectivity index (χ3v) is 11.9. The molecule has 17 heteroatoms. The number of rotatable bonds is 19. The van der Waals surface area contributed by atoms with Crippen LogP contribution in [0.1, 0.15) is 42.4 Å². The molecule has 60 heavy (non-hydrogen) atoms. The van der Waals surface area contributed by atoms with Crippen molar-refractivity contribution in [2.45, 2.75) is 74.7 Å². The fourth-order valence-electron chi connectivity index (χ4n) is 7.51. The summed E-state index contributed by atoms with van der Waals surface area (Å²) in [5.41, 5.74) is 19.1. The van der Waals surface area contributed by atoms with Crippen LogP contribution in [0.5, 0.6) is 0 Å². The molecule has 6 rings (SSSR count). The lowest BCUT2D eigenvalue weighted by Crippen LogP contribution is -2.65. The minimum Gasteiger partial charge on any atom is -0.368 e. The molecule has 316 valence electrons. The van der Waals surface area contributed by atoms with E-state index >= 15 is 0 Å². The predicted molar refractivity (Wildman–Crippen MR) is 230 cm³/mol. The Morgan fingerprint density at radius 1 is 0.700 bits per heavy atom. The zero-order valence-electron chi connectivity index (χ0n) is 33.1. The highest BCUT2D eigenvalue weighted by molar-refractivity contribution is 7.17. The second-order valence-corrected chi connectivity index (χ2v) is 16.0. The van der Waals surface area contributed by atoms with Gasteiger partial charge in [0.1, 0.15) is 23.7 Å². The number of hydrogen-bond acceptors (Lipinski definition) is 9. The molecular formula is C43H52N10O6S. The first kappa shape index (κ1) is 43.3. The van der Waals surface area contributed by atoms with Crippen molar-refractivity contribution in [1.82, 2.24) is 36.9 Å². The van der Waals surface area contributed by atoms with Gasteiger partial charge in [-0.05, 0) is 78.4 Å². The summed E-state index contributed by atoms with van der Waals surface area (Å²) >= 11 is 1.50. The molecule has 0 aliphatic carbocycles. The maximum absolute atomic E-state index is 14.6. The van der Waals surface area contributed by atoms with E-state index < -0.39 is 65.3 Å². The van der Waals surface area contributed by atoms with E-state index in [1.807, 2.05) is 84.2 Å². The molecule has 4 atom stereocenters. The van der Waals surface area contributed by atoms with Gasteiger partial charge in [0.2, 0.25) is 29.5 Å². The number of para-hydroxylation sites is 1. The number of urea groups is 1. The SMILES string of the molecule is NC(=O)NCCC[C@@H](N)C(=O)N[C@H](Cc1csc2ccccc12)C(=O)N[C@H](Cc1c[nH]c2ccccc12)C(=O)N[C@@H](Cc1ccccc1)C(=O)NC1(C(N)=O)CCNCC1. The van der Waals surface area contributed by atoms with Crippen LogP contribution in [0.25, 0.3) is 21.0 Å². The lowest BCUT2D eigenvalue weighted by molar-refractivity contribution is -0.136. The van der Waals surface area contributed by atoms with Gasteiger partial charge in [0.25, 0.3) is 0 Å². The average molecular weight is 837 g/mol. The van der Waals surface area contributed by atoms with Crippen LogP contribution in [-0.4, -0.2) is 89.9 Å². The predicted octanol–water partition coefficient (Wildman–Crippen LogP) is 1.36. The van der Waals surface area contributed by atoms with Crippen LogP contribution >= 0.6 is 11.3 Å². The third kappa shape index (κ3) is 11.0. The number of fused-ring (bicyclic) bond motifs is 2. The smallest absolute Gasteiger partial charge is 0.312 e. The van der Waals surface area contributed by atoms with Gasteiger partial charge in [0.15, 0.2) is 0 Å². The summed E-state index contributed by atoms with van der Waals surface area (Å²) < 4.78 is 0.999. The number of nitrogens with one attached hydrogen (secondary N) is 7. The van der Waals surface area contributed by atoms with E-state index in [1.165, 1.54) is 11.3 Å². The molecule has 0 unspecified atom stereocenters. The molecule has 1 aliphatic rings. The molecule has 0 radical (unpaired) electrons. The summed E-state index contributed by atoms with van der Waals surface area (Å²) in [5, 5.41) is 20.8. The number of amides is 7. The lowest BCUT2D eigenvalue weighted by Gasteiger charge is -2.36. The van der Waals surface area contributed by atoms with Gasteiger partial charge in [-0.15, -0.1) is 11.3 Å². The Kier molecular flexibility index (Phi) is 14.5. The van der Waals surface area contributed by atoms with Gasteiger partial charge in [0, 0.05) is 47.6 Å². The zero-order chi connectivity index (χ0) is 42.6. The Hall–Kier alpha value is -6.30. The highest BCUT2D eigenvalue weighted by Crippen LogP contribution is 2.27. The number of aromatic amines is 1. The Bertz CT molecular complexity index is 2310. The summed E-state index contributed by atoms with van der Waals surface area (Å²) in [6.45, 7) is 1.15. The standard InChI is InChI=1S/C43H52N10O6S/c44-31(13-8-18-48-42(46)59)37(54)50-35(23-28-25-60-36-15-7-5-12-30(28)36)39(56)52-34(22-27-24-49-32-14-6-4-11-29(27)32)38(55)51-33(21-26-9-2-1-3-10-26)40(57)53-43(41(45)58)16-19-47-20-17-43/h1-7,9-12,14-15,24-25,31,33-35,47,49H,8,13,16-23,44H2,(H2,45,58)(H,50,54)(H,51,55)(H,52,56)(H,53,57)(H3,46,48,59)/t31-,33+,34-,35-/m1/s1. The Morgan fingerprint density at radius 2 is 1.30 bits per heavy atom. The molecule has 1 aliphatic heterocycles. The number of piperidine rings is 1. The van der Waals surface area contributed by atoms with Crippen LogP contribution in [0.15, 0.2) is 90.4 Å². The molecule has 13 N–H and O–H groups in total. The summed E-state index contributed by atoms with van der Waals surface area (Å²) in [6, 6.07) is 19.1. The molecule has 1 saturated heterocycles. The number of hydrogen-bond donors (Lipinski definition) is 10. The number of aromatic nitrogens is 1. The van der Waals surface area contributed by atoms with E-state index in [4.69, 9.17) is 17.2 Å². The summed E-state index contributed by atoms with van der Waals surface area (Å²) in [7, 11) is 0. The molecule has 3 heterocycles. The molecule has 0 bridgehead atoms. The van der Waals surface area contributed by atoms with E-state index in [0.717, 1.165) is 37.7 Å². The molecule has 7 amide bonds. The second kappa shape index (κ2) is 20.1. The molecule has 0 spiro atoms. The van der Waals surface area contributed by atoms with Gasteiger partial charge in [-0.2, -0.15) is 0 Å². The van der Waals surface area contributed by atoms with E-state index in [9.17, 15) is 28.8 Å². The largest absolute Gasteiger partial charge is 0.368 e. The number of nitrogens with two attached hydrogens (primary N) is 3. The van der Waals surface area contributed by atoms with Crippen molar-refractivity contribution >= 4 is 67.9 Å². The molecule has 1 fully saturated rings. The number of primary amides is 2. The van der Waals surface area contributed by atoms with Crippen LogP contribution in [-0.2, 0) is 43.2 Å². The lowest BCUT2D eigenvalue weighted by atomic mass is 9.87. The minimum absolute atomic E-state index is 0.0204. The maximum Gasteiger partial charge on any atom is 0.312 e. The fourth-order valence-corrected chi connectivity index (χ4v) is 8.48. The maximum atomic E-state index is 14.6. The monoisotopic (exact) mass is 836 g/mol. The topological polar surface area (TPSA) is 268 Å². The van der Waals surface area contributed by atoms with Crippen LogP contribution in [0.3, 0.4) is 0 Å². The van der Waals surface area contributed by atoms with Crippen molar-refractivity contribution in [1.29, 1.82) is 0 Å². The number of thiophene rings is 1. The number of H-pyrrole nitrogens is 1. The average Bonchev–Trinajstić information content (AvgIpc) is 3.85. The molecule has 3 aromatic carbocycles. The van der Waals surface area contributed by atoms with E-state index in [-0.39, 0.29) is 45.1 Å². The van der Waals surface area contributed by atoms with Crippen LogP contribution in [0.4, 0.5) is 4.79 Å². The Labute approximate surface area is 351 Å². The molecular weight excluding hydrogens is 785 g/mol. The number of benzene rings is 3. The van der Waals surface area contributed by atoms with Crippen LogP contribution < -0.4 is 49.1 Å².